The molecular weight excluding hydrogens is 435 g/mol. The molecule has 0 bridgehead atoms. The van der Waals surface area contributed by atoms with Gasteiger partial charge in [-0.1, -0.05) is 6.07 Å². The van der Waals surface area contributed by atoms with E-state index < -0.39 is 11.2 Å². The van der Waals surface area contributed by atoms with Crippen LogP contribution in [-0.4, -0.2) is 71.0 Å². The summed E-state index contributed by atoms with van der Waals surface area (Å²) in [5.74, 6) is 0.566. The summed E-state index contributed by atoms with van der Waals surface area (Å²) in [6, 6.07) is 5.37. The van der Waals surface area contributed by atoms with Gasteiger partial charge >= 0.3 is 6.09 Å². The second-order valence-corrected chi connectivity index (χ2v) is 12.3. The zero-order valence-electron chi connectivity index (χ0n) is 21.4. The number of rotatable bonds is 5. The third kappa shape index (κ3) is 6.03. The van der Waals surface area contributed by atoms with E-state index in [0.717, 1.165) is 51.0 Å². The summed E-state index contributed by atoms with van der Waals surface area (Å²) in [5.41, 5.74) is -0.119. The van der Waals surface area contributed by atoms with E-state index in [9.17, 15) is 14.3 Å². The second-order valence-electron chi connectivity index (χ2n) is 12.3. The van der Waals surface area contributed by atoms with Crippen molar-refractivity contribution in [2.75, 3.05) is 32.8 Å². The minimum absolute atomic E-state index is 0.132. The van der Waals surface area contributed by atoms with Gasteiger partial charge in [-0.3, -0.25) is 0 Å². The molecule has 2 heterocycles. The Morgan fingerprint density at radius 1 is 1.15 bits per heavy atom. The summed E-state index contributed by atoms with van der Waals surface area (Å²) in [6.45, 7) is 12.9. The first kappa shape index (κ1) is 25.2. The van der Waals surface area contributed by atoms with E-state index in [1.807, 2.05) is 31.7 Å². The number of benzene rings is 1. The first-order valence-electron chi connectivity index (χ1n) is 12.7. The molecule has 3 fully saturated rings. The number of piperidine rings is 1. The first-order chi connectivity index (χ1) is 15.8. The number of carbonyl (C=O) groups excluding carboxylic acids is 1. The van der Waals surface area contributed by atoms with Crippen LogP contribution in [0, 0.1) is 11.2 Å². The number of likely N-dealkylation sites (tertiary alicyclic amines) is 2. The van der Waals surface area contributed by atoms with E-state index in [1.54, 1.807) is 13.8 Å². The Labute approximate surface area is 203 Å². The Balaban J connectivity index is 1.29. The quantitative estimate of drug-likeness (QED) is 0.652. The van der Waals surface area contributed by atoms with Crippen molar-refractivity contribution in [3.05, 3.63) is 29.6 Å². The van der Waals surface area contributed by atoms with Gasteiger partial charge in [0.15, 0.2) is 0 Å². The largest absolute Gasteiger partial charge is 0.490 e. The lowest BCUT2D eigenvalue weighted by molar-refractivity contribution is -0.0347. The normalized spacial score (nSPS) is 23.7. The molecule has 34 heavy (non-hydrogen) atoms. The number of aliphatic hydroxyl groups is 1. The van der Waals surface area contributed by atoms with Crippen LogP contribution in [-0.2, 0) is 4.74 Å². The fourth-order valence-corrected chi connectivity index (χ4v) is 5.80. The van der Waals surface area contributed by atoms with Crippen LogP contribution in [0.2, 0.25) is 0 Å². The van der Waals surface area contributed by atoms with Crippen LogP contribution in [0.5, 0.6) is 5.75 Å². The molecule has 1 aliphatic carbocycles. The molecule has 0 aromatic heterocycles. The molecule has 1 aromatic carbocycles. The molecule has 1 amide bonds. The van der Waals surface area contributed by atoms with E-state index >= 15 is 0 Å². The summed E-state index contributed by atoms with van der Waals surface area (Å²) < 4.78 is 25.2. The van der Waals surface area contributed by atoms with Crippen LogP contribution in [0.15, 0.2) is 18.2 Å². The predicted molar refractivity (Wildman–Crippen MR) is 130 cm³/mol. The number of carbonyl (C=O) groups is 1. The molecule has 190 valence electrons. The van der Waals surface area contributed by atoms with Gasteiger partial charge in [0, 0.05) is 30.6 Å². The Bertz CT molecular complexity index is 878. The predicted octanol–water partition coefficient (Wildman–Crippen LogP) is 4.94. The summed E-state index contributed by atoms with van der Waals surface area (Å²) in [5, 5.41) is 10.0. The van der Waals surface area contributed by atoms with Crippen LogP contribution < -0.4 is 4.74 Å². The van der Waals surface area contributed by atoms with Gasteiger partial charge in [-0.05, 0) is 97.4 Å². The third-order valence-corrected chi connectivity index (χ3v) is 7.42. The van der Waals surface area contributed by atoms with Gasteiger partial charge in [0.05, 0.1) is 5.60 Å². The maximum atomic E-state index is 13.9. The molecule has 4 rings (SSSR count). The van der Waals surface area contributed by atoms with Crippen LogP contribution in [0.1, 0.15) is 78.2 Å². The summed E-state index contributed by atoms with van der Waals surface area (Å²) in [6.07, 6.45) is 5.33. The highest BCUT2D eigenvalue weighted by atomic mass is 19.1. The van der Waals surface area contributed by atoms with Crippen molar-refractivity contribution in [1.82, 2.24) is 9.80 Å². The highest BCUT2D eigenvalue weighted by molar-refractivity contribution is 5.69. The third-order valence-electron chi connectivity index (χ3n) is 7.42. The van der Waals surface area contributed by atoms with Crippen molar-refractivity contribution < 1.29 is 23.8 Å². The zero-order chi connectivity index (χ0) is 24.7. The first-order valence-corrected chi connectivity index (χ1v) is 12.7. The van der Waals surface area contributed by atoms with Gasteiger partial charge in [0.2, 0.25) is 0 Å². The highest BCUT2D eigenvalue weighted by Gasteiger charge is 2.51. The zero-order valence-corrected chi connectivity index (χ0v) is 21.4. The molecule has 0 unspecified atom stereocenters. The molecule has 1 spiro atoms. The van der Waals surface area contributed by atoms with Gasteiger partial charge in [0.1, 0.15) is 23.8 Å². The van der Waals surface area contributed by atoms with Crippen LogP contribution in [0.4, 0.5) is 9.18 Å². The molecule has 1 aromatic rings. The molecule has 3 aliphatic rings. The lowest BCUT2D eigenvalue weighted by atomic mass is 9.78. The van der Waals surface area contributed by atoms with Crippen molar-refractivity contribution in [3.63, 3.8) is 0 Å². The fraction of sp³-hybridized carbons (Fsp3) is 0.741. The average molecular weight is 477 g/mol. The van der Waals surface area contributed by atoms with E-state index in [-0.39, 0.29) is 23.9 Å². The maximum Gasteiger partial charge on any atom is 0.410 e. The summed E-state index contributed by atoms with van der Waals surface area (Å²) in [7, 11) is 0. The lowest BCUT2D eigenvalue weighted by Crippen LogP contribution is -2.58. The Hall–Kier alpha value is -1.86. The molecule has 7 heteroatoms. The van der Waals surface area contributed by atoms with Crippen molar-refractivity contribution in [1.29, 1.82) is 0 Å². The molecular formula is C27H41FN2O4. The van der Waals surface area contributed by atoms with Gasteiger partial charge in [0.25, 0.3) is 0 Å². The molecule has 2 aliphatic heterocycles. The second kappa shape index (κ2) is 9.30. The van der Waals surface area contributed by atoms with Gasteiger partial charge < -0.3 is 24.4 Å². The fourth-order valence-electron chi connectivity index (χ4n) is 5.80. The number of halogens is 1. The number of nitrogens with zero attached hydrogens (tertiary/aromatic N) is 2. The summed E-state index contributed by atoms with van der Waals surface area (Å²) in [4.78, 5) is 16.8. The maximum absolute atomic E-state index is 13.9. The van der Waals surface area contributed by atoms with Gasteiger partial charge in [-0.15, -0.1) is 0 Å². The molecule has 2 saturated heterocycles. The monoisotopic (exact) mass is 476 g/mol. The SMILES string of the molecule is CC(C)(O)COc1cc(F)ccc1C1CCN([C@@H]2CCC3(C2)CN(C(=O)OC(C)(C)C)C3)CC1. The number of ether oxygens (including phenoxy) is 2. The van der Waals surface area contributed by atoms with Crippen LogP contribution in [0.25, 0.3) is 0 Å². The molecule has 1 saturated carbocycles. The molecule has 1 atom stereocenters. The van der Waals surface area contributed by atoms with Crippen molar-refractivity contribution >= 4 is 6.09 Å². The molecule has 0 radical (unpaired) electrons. The van der Waals surface area contributed by atoms with Crippen LogP contribution in [0.3, 0.4) is 0 Å². The van der Waals surface area contributed by atoms with E-state index in [1.165, 1.54) is 25.0 Å². The number of amides is 1. The average Bonchev–Trinajstić information content (AvgIpc) is 3.16. The van der Waals surface area contributed by atoms with Crippen molar-refractivity contribution in [2.45, 2.75) is 89.9 Å². The number of hydrogen-bond acceptors (Lipinski definition) is 5. The topological polar surface area (TPSA) is 62.2 Å². The molecule has 1 N–H and O–H groups in total. The molecule has 6 nitrogen and oxygen atoms in total. The van der Waals surface area contributed by atoms with E-state index in [4.69, 9.17) is 9.47 Å². The smallest absolute Gasteiger partial charge is 0.410 e. The Kier molecular flexibility index (Phi) is 6.91. The van der Waals surface area contributed by atoms with Gasteiger partial charge in [-0.2, -0.15) is 0 Å². The Morgan fingerprint density at radius 3 is 2.44 bits per heavy atom. The standard InChI is InChI=1S/C27H41FN2O4/c1-25(2,3)34-24(31)30-16-27(17-30)11-8-21(15-27)29-12-9-19(10-13-29)22-7-6-20(28)14-23(22)33-18-26(4,5)32/h6-7,14,19,21,32H,8-13,15-18H2,1-5H3/t21-/m1/s1. The minimum atomic E-state index is -0.966. The van der Waals surface area contributed by atoms with E-state index in [0.29, 0.717) is 17.7 Å². The van der Waals surface area contributed by atoms with Crippen LogP contribution >= 0.6 is 0 Å². The minimum Gasteiger partial charge on any atom is -0.490 e. The van der Waals surface area contributed by atoms with Crippen molar-refractivity contribution in [2.24, 2.45) is 5.41 Å². The summed E-state index contributed by atoms with van der Waals surface area (Å²) >= 11 is 0. The number of hydrogen-bond donors (Lipinski definition) is 1. The lowest BCUT2D eigenvalue weighted by Gasteiger charge is -2.48. The van der Waals surface area contributed by atoms with E-state index in [2.05, 4.69) is 4.90 Å². The van der Waals surface area contributed by atoms with Gasteiger partial charge in [-0.25, -0.2) is 9.18 Å². The van der Waals surface area contributed by atoms with Crippen molar-refractivity contribution in [3.8, 4) is 5.75 Å². The highest BCUT2D eigenvalue weighted by Crippen LogP contribution is 2.48. The Morgan fingerprint density at radius 2 is 1.82 bits per heavy atom.